The van der Waals surface area contributed by atoms with Gasteiger partial charge in [0, 0.05) is 25.9 Å². The lowest BCUT2D eigenvalue weighted by Crippen LogP contribution is -2.22. The number of aromatic nitrogens is 3. The Morgan fingerprint density at radius 2 is 2.14 bits per heavy atom. The van der Waals surface area contributed by atoms with Crippen molar-refractivity contribution in [3.8, 4) is 0 Å². The summed E-state index contributed by atoms with van der Waals surface area (Å²) >= 11 is 0. The third-order valence-electron chi connectivity index (χ3n) is 2.99. The van der Waals surface area contributed by atoms with Gasteiger partial charge in [-0.1, -0.05) is 0 Å². The average Bonchev–Trinajstić information content (AvgIpc) is 3.10. The fourth-order valence-corrected chi connectivity index (χ4v) is 1.88. The first-order valence-electron chi connectivity index (χ1n) is 6.68. The molecule has 0 aliphatic carbocycles. The maximum absolute atomic E-state index is 12.1. The Bertz CT molecular complexity index is 821. The molecule has 0 unspecified atom stereocenters. The number of carbonyl (C=O) groups is 1. The monoisotopic (exact) mass is 301 g/mol. The second-order valence-electron chi connectivity index (χ2n) is 5.01. The van der Waals surface area contributed by atoms with Crippen LogP contribution < -0.4 is 10.2 Å². The molecule has 0 saturated heterocycles. The highest BCUT2D eigenvalue weighted by Crippen LogP contribution is 2.17. The Balaban J connectivity index is 1.70. The van der Waals surface area contributed by atoms with Crippen LogP contribution in [0.5, 0.6) is 0 Å². The maximum Gasteiger partial charge on any atom is 0.287 e. The molecule has 0 aromatic carbocycles. The van der Waals surface area contributed by atoms with Gasteiger partial charge in [0.1, 0.15) is 5.52 Å². The zero-order valence-corrected chi connectivity index (χ0v) is 12.5. The van der Waals surface area contributed by atoms with Crippen molar-refractivity contribution in [3.05, 3.63) is 35.5 Å². The summed E-state index contributed by atoms with van der Waals surface area (Å²) < 4.78 is 10.5. The Kier molecular flexibility index (Phi) is 3.50. The number of rotatable bonds is 4. The topological polar surface area (TPSA) is 97.3 Å². The minimum absolute atomic E-state index is 0.128. The third-order valence-corrected chi connectivity index (χ3v) is 2.99. The van der Waals surface area contributed by atoms with Crippen LogP contribution in [0.2, 0.25) is 0 Å². The molecule has 3 heterocycles. The van der Waals surface area contributed by atoms with Gasteiger partial charge in [0.05, 0.1) is 6.54 Å². The van der Waals surface area contributed by atoms with Crippen molar-refractivity contribution in [1.82, 2.24) is 20.4 Å². The van der Waals surface area contributed by atoms with Crippen molar-refractivity contribution in [2.24, 2.45) is 0 Å². The van der Waals surface area contributed by atoms with Crippen LogP contribution in [-0.2, 0) is 6.54 Å². The van der Waals surface area contributed by atoms with E-state index in [-0.39, 0.29) is 18.2 Å². The maximum atomic E-state index is 12.1. The van der Waals surface area contributed by atoms with Crippen molar-refractivity contribution < 1.29 is 13.7 Å². The van der Waals surface area contributed by atoms with Gasteiger partial charge in [-0.25, -0.2) is 4.98 Å². The second kappa shape index (κ2) is 5.47. The number of nitrogens with one attached hydrogen (secondary N) is 1. The molecule has 0 spiro atoms. The zero-order valence-electron chi connectivity index (χ0n) is 12.5. The molecule has 1 N–H and O–H groups in total. The van der Waals surface area contributed by atoms with E-state index in [9.17, 15) is 4.79 Å². The number of amides is 1. The summed E-state index contributed by atoms with van der Waals surface area (Å²) in [5.41, 5.74) is 2.09. The van der Waals surface area contributed by atoms with Crippen LogP contribution in [0.4, 0.5) is 5.95 Å². The van der Waals surface area contributed by atoms with Gasteiger partial charge in [-0.2, -0.15) is 4.98 Å². The summed E-state index contributed by atoms with van der Waals surface area (Å²) in [6, 6.07) is 5.22. The predicted molar refractivity (Wildman–Crippen MR) is 78.5 cm³/mol. The summed E-state index contributed by atoms with van der Waals surface area (Å²) in [5.74, 6) is 0.607. The van der Waals surface area contributed by atoms with E-state index in [1.54, 1.807) is 31.1 Å². The second-order valence-corrected chi connectivity index (χ2v) is 5.01. The standard InChI is InChI=1S/C14H15N5O3/c1-8-4-5-10-9(16-8)6-11(21-10)13(20)15-7-12-17-14(18-22-12)19(2)3/h4-6H,7H2,1-3H3,(H,15,20). The normalized spacial score (nSPS) is 10.9. The first-order chi connectivity index (χ1) is 10.5. The number of hydrogen-bond acceptors (Lipinski definition) is 7. The van der Waals surface area contributed by atoms with E-state index in [1.807, 2.05) is 13.0 Å². The quantitative estimate of drug-likeness (QED) is 0.780. The highest BCUT2D eigenvalue weighted by molar-refractivity contribution is 5.95. The molecule has 0 bridgehead atoms. The molecule has 22 heavy (non-hydrogen) atoms. The molecule has 0 aliphatic heterocycles. The van der Waals surface area contributed by atoms with Crippen LogP contribution in [0, 0.1) is 6.92 Å². The molecule has 0 aliphatic rings. The van der Waals surface area contributed by atoms with Gasteiger partial charge >= 0.3 is 0 Å². The summed E-state index contributed by atoms with van der Waals surface area (Å²) in [6.45, 7) is 2.01. The number of furan rings is 1. The number of hydrogen-bond donors (Lipinski definition) is 1. The van der Waals surface area contributed by atoms with Crippen molar-refractivity contribution in [2.45, 2.75) is 13.5 Å². The van der Waals surface area contributed by atoms with E-state index in [0.717, 1.165) is 5.69 Å². The first-order valence-corrected chi connectivity index (χ1v) is 6.68. The molecule has 0 atom stereocenters. The highest BCUT2D eigenvalue weighted by atomic mass is 16.5. The van der Waals surface area contributed by atoms with Gasteiger partial charge in [0.25, 0.3) is 11.9 Å². The van der Waals surface area contributed by atoms with Crippen molar-refractivity contribution >= 4 is 23.0 Å². The molecule has 114 valence electrons. The lowest BCUT2D eigenvalue weighted by atomic mass is 10.3. The molecule has 0 saturated carbocycles. The number of fused-ring (bicyclic) bond motifs is 1. The van der Waals surface area contributed by atoms with Crippen LogP contribution in [-0.4, -0.2) is 35.1 Å². The third kappa shape index (κ3) is 2.76. The molecular formula is C14H15N5O3. The number of anilines is 1. The summed E-state index contributed by atoms with van der Waals surface area (Å²) in [7, 11) is 3.60. The summed E-state index contributed by atoms with van der Waals surface area (Å²) in [6.07, 6.45) is 0. The van der Waals surface area contributed by atoms with Gasteiger partial charge in [0.15, 0.2) is 11.3 Å². The predicted octanol–water partition coefficient (Wildman–Crippen LogP) is 1.52. The smallest absolute Gasteiger partial charge is 0.287 e. The van der Waals surface area contributed by atoms with Crippen LogP contribution in [0.15, 0.2) is 27.1 Å². The minimum atomic E-state index is -0.361. The van der Waals surface area contributed by atoms with E-state index in [0.29, 0.717) is 22.9 Å². The molecule has 3 rings (SSSR count). The highest BCUT2D eigenvalue weighted by Gasteiger charge is 2.15. The fraction of sp³-hybridized carbons (Fsp3) is 0.286. The van der Waals surface area contributed by atoms with Gasteiger partial charge < -0.3 is 19.2 Å². The molecule has 3 aromatic rings. The Morgan fingerprint density at radius 3 is 2.86 bits per heavy atom. The van der Waals surface area contributed by atoms with Crippen LogP contribution >= 0.6 is 0 Å². The van der Waals surface area contributed by atoms with E-state index in [1.165, 1.54) is 0 Å². The largest absolute Gasteiger partial charge is 0.449 e. The van der Waals surface area contributed by atoms with Crippen molar-refractivity contribution in [1.29, 1.82) is 0 Å². The average molecular weight is 301 g/mol. The first kappa shape index (κ1) is 14.1. The molecular weight excluding hydrogens is 286 g/mol. The van der Waals surface area contributed by atoms with E-state index in [4.69, 9.17) is 8.94 Å². The van der Waals surface area contributed by atoms with Crippen LogP contribution in [0.3, 0.4) is 0 Å². The zero-order chi connectivity index (χ0) is 15.7. The van der Waals surface area contributed by atoms with Gasteiger partial charge in [-0.15, -0.1) is 0 Å². The molecule has 0 fully saturated rings. The lowest BCUT2D eigenvalue weighted by Gasteiger charge is -2.02. The number of nitrogens with zero attached hydrogens (tertiary/aromatic N) is 4. The molecule has 8 nitrogen and oxygen atoms in total. The molecule has 1 amide bonds. The molecule has 8 heteroatoms. The van der Waals surface area contributed by atoms with Crippen LogP contribution in [0.1, 0.15) is 22.1 Å². The number of pyridine rings is 1. The van der Waals surface area contributed by atoms with Crippen molar-refractivity contribution in [2.75, 3.05) is 19.0 Å². The minimum Gasteiger partial charge on any atom is -0.449 e. The number of aryl methyl sites for hydroxylation is 1. The van der Waals surface area contributed by atoms with E-state index in [2.05, 4.69) is 20.4 Å². The van der Waals surface area contributed by atoms with Crippen LogP contribution in [0.25, 0.3) is 11.1 Å². The Hall–Kier alpha value is -2.90. The van der Waals surface area contributed by atoms with Crippen molar-refractivity contribution in [3.63, 3.8) is 0 Å². The number of carbonyl (C=O) groups excluding carboxylic acids is 1. The van der Waals surface area contributed by atoms with E-state index < -0.39 is 0 Å². The summed E-state index contributed by atoms with van der Waals surface area (Å²) in [5, 5.41) is 6.43. The van der Waals surface area contributed by atoms with Gasteiger partial charge in [0.2, 0.25) is 5.89 Å². The molecule has 0 radical (unpaired) electrons. The SMILES string of the molecule is Cc1ccc2oc(C(=O)NCc3nc(N(C)C)no3)cc2n1. The van der Waals surface area contributed by atoms with E-state index >= 15 is 0 Å². The fourth-order valence-electron chi connectivity index (χ4n) is 1.88. The van der Waals surface area contributed by atoms with Gasteiger partial charge in [-0.05, 0) is 24.2 Å². The Labute approximate surface area is 126 Å². The Morgan fingerprint density at radius 1 is 1.32 bits per heavy atom. The molecule has 3 aromatic heterocycles. The van der Waals surface area contributed by atoms with Gasteiger partial charge in [-0.3, -0.25) is 4.79 Å². The lowest BCUT2D eigenvalue weighted by molar-refractivity contribution is 0.0920. The summed E-state index contributed by atoms with van der Waals surface area (Å²) in [4.78, 5) is 22.2.